The number of anilines is 2. The fourth-order valence-corrected chi connectivity index (χ4v) is 3.72. The first-order valence-electron chi connectivity index (χ1n) is 9.06. The van der Waals surface area contributed by atoms with Gasteiger partial charge in [0.15, 0.2) is 10.9 Å². The number of ketones is 1. The van der Waals surface area contributed by atoms with Gasteiger partial charge in [-0.05, 0) is 30.3 Å². The number of Topliss-reactive ketones (excluding diaryl/α,β-unsaturated/α-hetero) is 1. The number of para-hydroxylation sites is 1. The summed E-state index contributed by atoms with van der Waals surface area (Å²) in [4.78, 5) is 29.1. The van der Waals surface area contributed by atoms with E-state index in [-0.39, 0.29) is 5.78 Å². The zero-order valence-corrected chi connectivity index (χ0v) is 16.7. The molecule has 0 spiro atoms. The highest BCUT2D eigenvalue weighted by Crippen LogP contribution is 2.29. The number of thiazole rings is 1. The third-order valence-corrected chi connectivity index (χ3v) is 5.27. The molecule has 0 bridgehead atoms. The molecule has 7 heteroatoms. The van der Waals surface area contributed by atoms with Gasteiger partial charge in [0.2, 0.25) is 0 Å². The van der Waals surface area contributed by atoms with Crippen LogP contribution < -0.4 is 15.7 Å². The summed E-state index contributed by atoms with van der Waals surface area (Å²) in [6, 6.07) is 14.4. The highest BCUT2D eigenvalue weighted by atomic mass is 32.1. The molecule has 0 fully saturated rings. The van der Waals surface area contributed by atoms with Crippen LogP contribution in [0, 0.1) is 0 Å². The van der Waals surface area contributed by atoms with Gasteiger partial charge in [-0.2, -0.15) is 0 Å². The van der Waals surface area contributed by atoms with Crippen LogP contribution in [-0.4, -0.2) is 17.9 Å². The topological polar surface area (TPSA) is 81.4 Å². The second kappa shape index (κ2) is 7.89. The van der Waals surface area contributed by atoms with Crippen LogP contribution in [0.2, 0.25) is 0 Å². The van der Waals surface area contributed by atoms with Crippen LogP contribution in [0.4, 0.5) is 10.8 Å². The molecule has 0 saturated carbocycles. The van der Waals surface area contributed by atoms with Crippen molar-refractivity contribution in [3.8, 4) is 17.0 Å². The lowest BCUT2D eigenvalue weighted by Gasteiger charge is -2.08. The number of methoxy groups -OCH3 is 1. The first-order chi connectivity index (χ1) is 14.1. The first-order valence-corrected chi connectivity index (χ1v) is 9.94. The van der Waals surface area contributed by atoms with E-state index in [0.717, 1.165) is 5.39 Å². The number of carbonyl (C=O) groups excluding carboxylic acids is 1. The molecule has 2 aromatic carbocycles. The summed E-state index contributed by atoms with van der Waals surface area (Å²) in [5, 5.41) is 6.34. The molecule has 4 rings (SSSR count). The Morgan fingerprint density at radius 1 is 1.21 bits per heavy atom. The Morgan fingerprint density at radius 2 is 2.03 bits per heavy atom. The molecule has 4 aromatic rings. The van der Waals surface area contributed by atoms with Gasteiger partial charge in [-0.15, -0.1) is 11.3 Å². The fourth-order valence-electron chi connectivity index (χ4n) is 2.99. The molecule has 0 radical (unpaired) electrons. The van der Waals surface area contributed by atoms with E-state index in [9.17, 15) is 9.59 Å². The number of nitrogens with one attached hydrogen (secondary N) is 1. The standard InChI is InChI=1S/C22H18N2O4S/c1-3-19(25)15-6-4-5-7-17(15)23-22-24-18(12-29-22)16-10-13-8-9-14(27-2)11-20(13)28-21(16)26/h4-12H,3H2,1-2H3,(H,23,24). The van der Waals surface area contributed by atoms with Gasteiger partial charge in [-0.25, -0.2) is 9.78 Å². The van der Waals surface area contributed by atoms with Crippen LogP contribution in [-0.2, 0) is 0 Å². The van der Waals surface area contributed by atoms with Crippen LogP contribution in [0.15, 0.2) is 63.1 Å². The molecule has 146 valence electrons. The highest BCUT2D eigenvalue weighted by Gasteiger charge is 2.14. The summed E-state index contributed by atoms with van der Waals surface area (Å²) in [6.07, 6.45) is 0.421. The second-order valence-corrected chi connectivity index (χ2v) is 7.19. The molecule has 29 heavy (non-hydrogen) atoms. The number of rotatable bonds is 6. The molecule has 0 atom stereocenters. The lowest BCUT2D eigenvalue weighted by atomic mass is 10.1. The van der Waals surface area contributed by atoms with Crippen molar-refractivity contribution in [2.24, 2.45) is 0 Å². The maximum atomic E-state index is 12.5. The number of benzene rings is 2. The third-order valence-electron chi connectivity index (χ3n) is 4.51. The molecule has 6 nitrogen and oxygen atoms in total. The number of fused-ring (bicyclic) bond motifs is 1. The molecule has 0 aliphatic rings. The minimum Gasteiger partial charge on any atom is -0.497 e. The second-order valence-electron chi connectivity index (χ2n) is 6.34. The minimum atomic E-state index is -0.468. The molecule has 0 amide bonds. The van der Waals surface area contributed by atoms with Crippen molar-refractivity contribution >= 4 is 38.9 Å². The van der Waals surface area contributed by atoms with Gasteiger partial charge in [0.05, 0.1) is 24.1 Å². The molecule has 1 N–H and O–H groups in total. The molecule has 2 heterocycles. The number of ether oxygens (including phenoxy) is 1. The summed E-state index contributed by atoms with van der Waals surface area (Å²) < 4.78 is 10.6. The molecule has 0 saturated heterocycles. The number of nitrogens with zero attached hydrogens (tertiary/aromatic N) is 1. The van der Waals surface area contributed by atoms with Crippen molar-refractivity contribution in [1.29, 1.82) is 0 Å². The summed E-state index contributed by atoms with van der Waals surface area (Å²) in [7, 11) is 1.56. The van der Waals surface area contributed by atoms with Crippen LogP contribution >= 0.6 is 11.3 Å². The predicted octanol–water partition coefficient (Wildman–Crippen LogP) is 5.26. The van der Waals surface area contributed by atoms with Gasteiger partial charge in [-0.3, -0.25) is 4.79 Å². The number of aromatic nitrogens is 1. The highest BCUT2D eigenvalue weighted by molar-refractivity contribution is 7.14. The Morgan fingerprint density at radius 3 is 2.83 bits per heavy atom. The largest absolute Gasteiger partial charge is 0.497 e. The van der Waals surface area contributed by atoms with E-state index in [4.69, 9.17) is 9.15 Å². The smallest absolute Gasteiger partial charge is 0.345 e. The van der Waals surface area contributed by atoms with E-state index >= 15 is 0 Å². The summed E-state index contributed by atoms with van der Waals surface area (Å²) in [5.74, 6) is 0.671. The van der Waals surface area contributed by atoms with Crippen LogP contribution in [0.1, 0.15) is 23.7 Å². The van der Waals surface area contributed by atoms with Gasteiger partial charge in [0.1, 0.15) is 11.3 Å². The maximum Gasteiger partial charge on any atom is 0.345 e. The summed E-state index contributed by atoms with van der Waals surface area (Å²) in [5.41, 5.74) is 2.19. The SMILES string of the molecule is CCC(=O)c1ccccc1Nc1nc(-c2cc3ccc(OC)cc3oc2=O)cs1. The quantitative estimate of drug-likeness (QED) is 0.347. The van der Waals surface area contributed by atoms with Crippen molar-refractivity contribution in [3.05, 3.63) is 69.9 Å². The first kappa shape index (κ1) is 18.9. The van der Waals surface area contributed by atoms with Crippen molar-refractivity contribution in [2.75, 3.05) is 12.4 Å². The Hall–Kier alpha value is -3.45. The fraction of sp³-hybridized carbons (Fsp3) is 0.136. The molecular formula is C22H18N2O4S. The van der Waals surface area contributed by atoms with Gasteiger partial charge in [0.25, 0.3) is 0 Å². The van der Waals surface area contributed by atoms with Gasteiger partial charge < -0.3 is 14.5 Å². The van der Waals surface area contributed by atoms with E-state index < -0.39 is 5.63 Å². The average Bonchev–Trinajstić information content (AvgIpc) is 3.20. The normalized spacial score (nSPS) is 10.8. The number of hydrogen-bond acceptors (Lipinski definition) is 7. The lowest BCUT2D eigenvalue weighted by molar-refractivity contribution is 0.0989. The van der Waals surface area contributed by atoms with Crippen LogP contribution in [0.3, 0.4) is 0 Å². The Kier molecular flexibility index (Phi) is 5.14. The zero-order chi connectivity index (χ0) is 20.4. The summed E-state index contributed by atoms with van der Waals surface area (Å²) in [6.45, 7) is 1.83. The monoisotopic (exact) mass is 406 g/mol. The van der Waals surface area contributed by atoms with E-state index in [2.05, 4.69) is 10.3 Å². The summed E-state index contributed by atoms with van der Waals surface area (Å²) >= 11 is 1.35. The van der Waals surface area contributed by atoms with Crippen molar-refractivity contribution < 1.29 is 13.9 Å². The third kappa shape index (κ3) is 3.77. The van der Waals surface area contributed by atoms with E-state index in [1.807, 2.05) is 37.3 Å². The predicted molar refractivity (Wildman–Crippen MR) is 114 cm³/mol. The van der Waals surface area contributed by atoms with Gasteiger partial charge in [-0.1, -0.05) is 19.1 Å². The van der Waals surface area contributed by atoms with Crippen molar-refractivity contribution in [3.63, 3.8) is 0 Å². The van der Waals surface area contributed by atoms with E-state index in [1.165, 1.54) is 11.3 Å². The molecule has 0 unspecified atom stereocenters. The van der Waals surface area contributed by atoms with Crippen molar-refractivity contribution in [1.82, 2.24) is 4.98 Å². The van der Waals surface area contributed by atoms with Crippen LogP contribution in [0.5, 0.6) is 5.75 Å². The van der Waals surface area contributed by atoms with Crippen LogP contribution in [0.25, 0.3) is 22.2 Å². The van der Waals surface area contributed by atoms with Gasteiger partial charge >= 0.3 is 5.63 Å². The van der Waals surface area contributed by atoms with Crippen molar-refractivity contribution in [2.45, 2.75) is 13.3 Å². The lowest BCUT2D eigenvalue weighted by Crippen LogP contribution is -2.04. The van der Waals surface area contributed by atoms with E-state index in [0.29, 0.717) is 45.4 Å². The zero-order valence-electron chi connectivity index (χ0n) is 15.9. The molecule has 0 aliphatic heterocycles. The Labute approximate surface area is 170 Å². The minimum absolute atomic E-state index is 0.0514. The van der Waals surface area contributed by atoms with E-state index in [1.54, 1.807) is 30.7 Å². The Bertz CT molecular complexity index is 1260. The maximum absolute atomic E-state index is 12.5. The molecule has 2 aromatic heterocycles. The number of carbonyl (C=O) groups is 1. The molecule has 0 aliphatic carbocycles. The average molecular weight is 406 g/mol. The van der Waals surface area contributed by atoms with Gasteiger partial charge in [0, 0.05) is 28.8 Å². The molecular weight excluding hydrogens is 388 g/mol. The Balaban J connectivity index is 1.67. The number of hydrogen-bond donors (Lipinski definition) is 1.